The number of nitrogens with one attached hydrogen (secondary N) is 1. The van der Waals surface area contributed by atoms with Gasteiger partial charge >= 0.3 is 0 Å². The molecule has 0 atom stereocenters. The second-order valence-corrected chi connectivity index (χ2v) is 4.05. The van der Waals surface area contributed by atoms with Crippen LogP contribution in [0.4, 0.5) is 0 Å². The van der Waals surface area contributed by atoms with Crippen molar-refractivity contribution in [3.63, 3.8) is 0 Å². The van der Waals surface area contributed by atoms with Crippen LogP contribution in [0.5, 0.6) is 0 Å². The van der Waals surface area contributed by atoms with Crippen LogP contribution >= 0.6 is 0 Å². The van der Waals surface area contributed by atoms with E-state index in [1.54, 1.807) is 11.0 Å². The molecule has 0 aliphatic heterocycles. The van der Waals surface area contributed by atoms with Gasteiger partial charge in [-0.3, -0.25) is 4.68 Å². The van der Waals surface area contributed by atoms with E-state index in [-0.39, 0.29) is 0 Å². The first-order valence-corrected chi connectivity index (χ1v) is 5.23. The van der Waals surface area contributed by atoms with Gasteiger partial charge in [0.1, 0.15) is 6.33 Å². The molecular formula is C10H20N4. The minimum absolute atomic E-state index is 0.777. The number of hydrogen-bond donors (Lipinski definition) is 1. The summed E-state index contributed by atoms with van der Waals surface area (Å²) in [5, 5.41) is 7.52. The molecule has 0 radical (unpaired) electrons. The summed E-state index contributed by atoms with van der Waals surface area (Å²) in [5.41, 5.74) is 0. The van der Waals surface area contributed by atoms with Crippen LogP contribution in [-0.4, -0.2) is 21.3 Å². The van der Waals surface area contributed by atoms with Crippen molar-refractivity contribution in [3.8, 4) is 0 Å². The molecule has 1 aromatic rings. The third kappa shape index (κ3) is 4.37. The SMILES string of the molecule is CC(C)CCCNCc1ncn(C)n1. The highest BCUT2D eigenvalue weighted by molar-refractivity contribution is 4.79. The van der Waals surface area contributed by atoms with Crippen molar-refractivity contribution in [2.75, 3.05) is 6.54 Å². The second kappa shape index (κ2) is 5.75. The van der Waals surface area contributed by atoms with Gasteiger partial charge in [-0.1, -0.05) is 13.8 Å². The first-order chi connectivity index (χ1) is 6.68. The molecule has 0 unspecified atom stereocenters. The molecule has 0 spiro atoms. The Labute approximate surface area is 85.7 Å². The molecule has 0 saturated heterocycles. The average Bonchev–Trinajstić information content (AvgIpc) is 2.50. The van der Waals surface area contributed by atoms with Gasteiger partial charge in [0.2, 0.25) is 0 Å². The van der Waals surface area contributed by atoms with E-state index < -0.39 is 0 Å². The summed E-state index contributed by atoms with van der Waals surface area (Å²) in [5.74, 6) is 1.67. The maximum atomic E-state index is 4.19. The fourth-order valence-corrected chi connectivity index (χ4v) is 1.30. The monoisotopic (exact) mass is 196 g/mol. The average molecular weight is 196 g/mol. The van der Waals surface area contributed by atoms with Gasteiger partial charge in [-0.25, -0.2) is 4.98 Å². The second-order valence-electron chi connectivity index (χ2n) is 4.05. The topological polar surface area (TPSA) is 42.7 Å². The molecule has 80 valence electrons. The fourth-order valence-electron chi connectivity index (χ4n) is 1.30. The highest BCUT2D eigenvalue weighted by atomic mass is 15.3. The van der Waals surface area contributed by atoms with Gasteiger partial charge in [0.05, 0.1) is 6.54 Å². The molecule has 4 heteroatoms. The van der Waals surface area contributed by atoms with Crippen molar-refractivity contribution >= 4 is 0 Å². The predicted octanol–water partition coefficient (Wildman–Crippen LogP) is 1.34. The molecule has 0 aliphatic carbocycles. The number of hydrogen-bond acceptors (Lipinski definition) is 3. The van der Waals surface area contributed by atoms with Crippen LogP contribution in [0.1, 0.15) is 32.5 Å². The van der Waals surface area contributed by atoms with Gasteiger partial charge in [0.25, 0.3) is 0 Å². The lowest BCUT2D eigenvalue weighted by Crippen LogP contribution is -2.16. The number of nitrogens with zero attached hydrogens (tertiary/aromatic N) is 3. The highest BCUT2D eigenvalue weighted by Gasteiger charge is 1.97. The zero-order valence-electron chi connectivity index (χ0n) is 9.32. The zero-order chi connectivity index (χ0) is 10.4. The Morgan fingerprint density at radius 2 is 2.29 bits per heavy atom. The lowest BCUT2D eigenvalue weighted by Gasteiger charge is -2.04. The predicted molar refractivity (Wildman–Crippen MR) is 56.8 cm³/mol. The normalized spacial score (nSPS) is 11.1. The fraction of sp³-hybridized carbons (Fsp3) is 0.800. The van der Waals surface area contributed by atoms with Gasteiger partial charge in [-0.05, 0) is 25.3 Å². The van der Waals surface area contributed by atoms with Crippen LogP contribution in [0.25, 0.3) is 0 Å². The number of aryl methyl sites for hydroxylation is 1. The highest BCUT2D eigenvalue weighted by Crippen LogP contribution is 2.01. The Morgan fingerprint density at radius 1 is 1.50 bits per heavy atom. The minimum atomic E-state index is 0.777. The van der Waals surface area contributed by atoms with Crippen molar-refractivity contribution in [1.82, 2.24) is 20.1 Å². The molecule has 14 heavy (non-hydrogen) atoms. The van der Waals surface area contributed by atoms with Crippen molar-refractivity contribution in [1.29, 1.82) is 0 Å². The molecule has 4 nitrogen and oxygen atoms in total. The summed E-state index contributed by atoms with van der Waals surface area (Å²) in [6.45, 7) is 6.33. The molecule has 1 rings (SSSR count). The van der Waals surface area contributed by atoms with Gasteiger partial charge in [0.15, 0.2) is 5.82 Å². The van der Waals surface area contributed by atoms with Gasteiger partial charge in [0, 0.05) is 7.05 Å². The van der Waals surface area contributed by atoms with Crippen molar-refractivity contribution in [2.24, 2.45) is 13.0 Å². The quantitative estimate of drug-likeness (QED) is 0.698. The third-order valence-electron chi connectivity index (χ3n) is 2.07. The molecular weight excluding hydrogens is 176 g/mol. The standard InChI is InChI=1S/C10H20N4/c1-9(2)5-4-6-11-7-10-12-8-14(3)13-10/h8-9,11H,4-7H2,1-3H3. The van der Waals surface area contributed by atoms with Gasteiger partial charge in [-0.2, -0.15) is 5.10 Å². The number of rotatable bonds is 6. The van der Waals surface area contributed by atoms with Crippen LogP contribution in [-0.2, 0) is 13.6 Å². The maximum Gasteiger partial charge on any atom is 0.164 e. The van der Waals surface area contributed by atoms with E-state index in [1.165, 1.54) is 12.8 Å². The van der Waals surface area contributed by atoms with E-state index >= 15 is 0 Å². The Balaban J connectivity index is 2.04. The van der Waals surface area contributed by atoms with Crippen LogP contribution in [0, 0.1) is 5.92 Å². The summed E-state index contributed by atoms with van der Waals surface area (Å²) in [6, 6.07) is 0. The smallest absolute Gasteiger partial charge is 0.164 e. The maximum absolute atomic E-state index is 4.19. The molecule has 0 fully saturated rings. The Kier molecular flexibility index (Phi) is 4.59. The Bertz CT molecular complexity index is 254. The van der Waals surface area contributed by atoms with E-state index in [1.807, 2.05) is 7.05 Å². The summed E-state index contributed by atoms with van der Waals surface area (Å²) >= 11 is 0. The first kappa shape index (κ1) is 11.2. The van der Waals surface area contributed by atoms with Crippen molar-refractivity contribution < 1.29 is 0 Å². The van der Waals surface area contributed by atoms with Crippen LogP contribution in [0.2, 0.25) is 0 Å². The molecule has 0 aliphatic rings. The molecule has 0 amide bonds. The lowest BCUT2D eigenvalue weighted by molar-refractivity contribution is 0.523. The van der Waals surface area contributed by atoms with E-state index in [0.29, 0.717) is 0 Å². The number of aromatic nitrogens is 3. The van der Waals surface area contributed by atoms with Crippen LogP contribution in [0.15, 0.2) is 6.33 Å². The molecule has 1 heterocycles. The molecule has 1 N–H and O–H groups in total. The largest absolute Gasteiger partial charge is 0.310 e. The van der Waals surface area contributed by atoms with E-state index in [9.17, 15) is 0 Å². The van der Waals surface area contributed by atoms with E-state index in [4.69, 9.17) is 0 Å². The van der Waals surface area contributed by atoms with Crippen LogP contribution in [0.3, 0.4) is 0 Å². The van der Waals surface area contributed by atoms with E-state index in [0.717, 1.165) is 24.8 Å². The summed E-state index contributed by atoms with van der Waals surface area (Å²) in [7, 11) is 1.88. The lowest BCUT2D eigenvalue weighted by atomic mass is 10.1. The Hall–Kier alpha value is -0.900. The summed E-state index contributed by atoms with van der Waals surface area (Å²) in [6.07, 6.45) is 4.23. The van der Waals surface area contributed by atoms with Gasteiger partial charge in [-0.15, -0.1) is 0 Å². The van der Waals surface area contributed by atoms with Gasteiger partial charge < -0.3 is 5.32 Å². The molecule has 1 aromatic heterocycles. The van der Waals surface area contributed by atoms with E-state index in [2.05, 4.69) is 29.2 Å². The molecule has 0 aromatic carbocycles. The third-order valence-corrected chi connectivity index (χ3v) is 2.07. The van der Waals surface area contributed by atoms with Crippen LogP contribution < -0.4 is 5.32 Å². The van der Waals surface area contributed by atoms with Crippen molar-refractivity contribution in [2.45, 2.75) is 33.2 Å². The minimum Gasteiger partial charge on any atom is -0.310 e. The Morgan fingerprint density at radius 3 is 2.86 bits per heavy atom. The summed E-state index contributed by atoms with van der Waals surface area (Å²) in [4.78, 5) is 4.14. The van der Waals surface area contributed by atoms with Crippen molar-refractivity contribution in [3.05, 3.63) is 12.2 Å². The molecule has 0 bridgehead atoms. The summed E-state index contributed by atoms with van der Waals surface area (Å²) < 4.78 is 1.73. The molecule has 0 saturated carbocycles. The zero-order valence-corrected chi connectivity index (χ0v) is 9.32. The first-order valence-electron chi connectivity index (χ1n) is 5.23.